The normalized spacial score (nSPS) is 13.8. The summed E-state index contributed by atoms with van der Waals surface area (Å²) in [6, 6.07) is 12.3. The fourth-order valence-electron chi connectivity index (χ4n) is 3.48. The number of hydrogen-bond donors (Lipinski definition) is 1. The quantitative estimate of drug-likeness (QED) is 0.718. The number of fused-ring (bicyclic) bond motifs is 1. The van der Waals surface area contributed by atoms with E-state index in [4.69, 9.17) is 9.26 Å². The molecule has 0 atom stereocenters. The molecule has 3 aromatic rings. The van der Waals surface area contributed by atoms with Crippen molar-refractivity contribution in [3.63, 3.8) is 0 Å². The molecule has 0 radical (unpaired) electrons. The summed E-state index contributed by atoms with van der Waals surface area (Å²) in [6.45, 7) is 0. The molecule has 0 amide bonds. The van der Waals surface area contributed by atoms with E-state index in [1.165, 1.54) is 24.9 Å². The minimum absolute atomic E-state index is 0.0849. The number of nitrogens with one attached hydrogen (secondary N) is 1. The summed E-state index contributed by atoms with van der Waals surface area (Å²) < 4.78 is 39.3. The molecule has 0 spiro atoms. The van der Waals surface area contributed by atoms with Gasteiger partial charge in [-0.05, 0) is 61.1 Å². The largest absolute Gasteiger partial charge is 0.495 e. The van der Waals surface area contributed by atoms with E-state index in [2.05, 4.69) is 15.9 Å². The predicted molar refractivity (Wildman–Crippen MR) is 102 cm³/mol. The van der Waals surface area contributed by atoms with Gasteiger partial charge in [-0.1, -0.05) is 17.3 Å². The molecule has 1 N–H and O–H groups in total. The molecule has 1 heterocycles. The minimum Gasteiger partial charge on any atom is -0.495 e. The third kappa shape index (κ3) is 3.42. The predicted octanol–water partition coefficient (Wildman–Crippen LogP) is 4.03. The highest BCUT2D eigenvalue weighted by molar-refractivity contribution is 7.92. The molecule has 0 fully saturated rings. The first-order chi connectivity index (χ1) is 13.1. The summed E-state index contributed by atoms with van der Waals surface area (Å²) >= 11 is 0. The van der Waals surface area contributed by atoms with Crippen molar-refractivity contribution in [1.82, 2.24) is 5.16 Å². The van der Waals surface area contributed by atoms with Crippen LogP contribution in [0.3, 0.4) is 0 Å². The number of rotatable bonds is 5. The molecule has 1 aliphatic rings. The van der Waals surface area contributed by atoms with Crippen LogP contribution in [-0.4, -0.2) is 20.7 Å². The lowest BCUT2D eigenvalue weighted by atomic mass is 9.91. The average Bonchev–Trinajstić information content (AvgIpc) is 3.22. The molecule has 0 bridgehead atoms. The van der Waals surface area contributed by atoms with Crippen molar-refractivity contribution in [2.24, 2.45) is 0 Å². The maximum Gasteiger partial charge on any atom is 0.265 e. The first-order valence-corrected chi connectivity index (χ1v) is 10.3. The second-order valence-corrected chi connectivity index (χ2v) is 8.15. The molecule has 140 valence electrons. The Hall–Kier alpha value is -2.80. The summed E-state index contributed by atoms with van der Waals surface area (Å²) in [6.07, 6.45) is 5.61. The van der Waals surface area contributed by atoms with Crippen LogP contribution < -0.4 is 9.46 Å². The minimum atomic E-state index is -3.80. The number of methoxy groups -OCH3 is 1. The van der Waals surface area contributed by atoms with E-state index in [-0.39, 0.29) is 10.6 Å². The number of benzene rings is 2. The molecular formula is C20H20N2O4S. The van der Waals surface area contributed by atoms with Gasteiger partial charge in [0.2, 0.25) is 0 Å². The summed E-state index contributed by atoms with van der Waals surface area (Å²) in [5.74, 6) is 0.795. The fourth-order valence-corrected chi connectivity index (χ4v) is 4.73. The second-order valence-electron chi connectivity index (χ2n) is 6.50. The SMILES string of the molecule is COc1cc(-c2ccno2)ccc1S(=O)(=O)Nc1cccc2c1CCCC2. The third-order valence-corrected chi connectivity index (χ3v) is 6.22. The Morgan fingerprint density at radius 3 is 2.74 bits per heavy atom. The van der Waals surface area contributed by atoms with E-state index in [1.54, 1.807) is 18.2 Å². The van der Waals surface area contributed by atoms with Gasteiger partial charge in [-0.3, -0.25) is 4.72 Å². The van der Waals surface area contributed by atoms with Crippen molar-refractivity contribution < 1.29 is 17.7 Å². The number of anilines is 1. The molecular weight excluding hydrogens is 364 g/mol. The zero-order chi connectivity index (χ0) is 18.9. The zero-order valence-corrected chi connectivity index (χ0v) is 15.8. The van der Waals surface area contributed by atoms with Gasteiger partial charge in [0.25, 0.3) is 10.0 Å². The van der Waals surface area contributed by atoms with Gasteiger partial charge < -0.3 is 9.26 Å². The van der Waals surface area contributed by atoms with Crippen LogP contribution in [0.15, 0.2) is 58.1 Å². The van der Waals surface area contributed by atoms with Crippen LogP contribution in [0.2, 0.25) is 0 Å². The lowest BCUT2D eigenvalue weighted by Crippen LogP contribution is -2.17. The molecule has 4 rings (SSSR count). The molecule has 27 heavy (non-hydrogen) atoms. The van der Waals surface area contributed by atoms with E-state index in [0.29, 0.717) is 17.0 Å². The van der Waals surface area contributed by atoms with Crippen LogP contribution in [0.1, 0.15) is 24.0 Å². The van der Waals surface area contributed by atoms with Crippen molar-refractivity contribution in [3.8, 4) is 17.1 Å². The van der Waals surface area contributed by atoms with Gasteiger partial charge in [0.05, 0.1) is 19.0 Å². The van der Waals surface area contributed by atoms with Crippen LogP contribution in [-0.2, 0) is 22.9 Å². The Kier molecular flexibility index (Phi) is 4.61. The first kappa shape index (κ1) is 17.6. The third-order valence-electron chi connectivity index (χ3n) is 4.82. The summed E-state index contributed by atoms with van der Waals surface area (Å²) in [7, 11) is -2.35. The molecule has 0 unspecified atom stereocenters. The number of sulfonamides is 1. The van der Waals surface area contributed by atoms with Crippen LogP contribution in [0.25, 0.3) is 11.3 Å². The van der Waals surface area contributed by atoms with Crippen LogP contribution >= 0.6 is 0 Å². The second kappa shape index (κ2) is 7.08. The topological polar surface area (TPSA) is 81.4 Å². The number of aryl methyl sites for hydroxylation is 1. The number of ether oxygens (including phenoxy) is 1. The number of hydrogen-bond acceptors (Lipinski definition) is 5. The Bertz CT molecular complexity index is 1060. The monoisotopic (exact) mass is 384 g/mol. The van der Waals surface area contributed by atoms with Crippen molar-refractivity contribution >= 4 is 15.7 Å². The maximum absolute atomic E-state index is 13.0. The highest BCUT2D eigenvalue weighted by Crippen LogP contribution is 2.33. The number of nitrogens with zero attached hydrogens (tertiary/aromatic N) is 1. The van der Waals surface area contributed by atoms with Crippen LogP contribution in [0, 0.1) is 0 Å². The van der Waals surface area contributed by atoms with Crippen molar-refractivity contribution in [2.75, 3.05) is 11.8 Å². The fraction of sp³-hybridized carbons (Fsp3) is 0.250. The molecule has 0 saturated carbocycles. The van der Waals surface area contributed by atoms with Crippen LogP contribution in [0.5, 0.6) is 5.75 Å². The lowest BCUT2D eigenvalue weighted by Gasteiger charge is -2.20. The average molecular weight is 384 g/mol. The molecule has 1 aromatic heterocycles. The highest BCUT2D eigenvalue weighted by atomic mass is 32.2. The van der Waals surface area contributed by atoms with Gasteiger partial charge >= 0.3 is 0 Å². The van der Waals surface area contributed by atoms with Gasteiger partial charge in [-0.2, -0.15) is 0 Å². The van der Waals surface area contributed by atoms with E-state index in [9.17, 15) is 8.42 Å². The summed E-state index contributed by atoms with van der Waals surface area (Å²) in [4.78, 5) is 0.0849. The van der Waals surface area contributed by atoms with Crippen molar-refractivity contribution in [3.05, 3.63) is 59.8 Å². The Morgan fingerprint density at radius 1 is 1.11 bits per heavy atom. The molecule has 6 nitrogen and oxygen atoms in total. The van der Waals surface area contributed by atoms with Gasteiger partial charge in [0, 0.05) is 11.6 Å². The molecule has 0 saturated heterocycles. The van der Waals surface area contributed by atoms with Crippen LogP contribution in [0.4, 0.5) is 5.69 Å². The van der Waals surface area contributed by atoms with E-state index >= 15 is 0 Å². The van der Waals surface area contributed by atoms with Gasteiger partial charge in [-0.15, -0.1) is 0 Å². The molecule has 0 aliphatic heterocycles. The number of aromatic nitrogens is 1. The summed E-state index contributed by atoms with van der Waals surface area (Å²) in [5, 5.41) is 3.68. The Morgan fingerprint density at radius 2 is 1.96 bits per heavy atom. The van der Waals surface area contributed by atoms with Crippen molar-refractivity contribution in [1.29, 1.82) is 0 Å². The van der Waals surface area contributed by atoms with E-state index in [1.807, 2.05) is 12.1 Å². The molecule has 7 heteroatoms. The van der Waals surface area contributed by atoms with E-state index < -0.39 is 10.0 Å². The Balaban J connectivity index is 1.70. The first-order valence-electron chi connectivity index (χ1n) is 8.81. The lowest BCUT2D eigenvalue weighted by molar-refractivity contribution is 0.402. The van der Waals surface area contributed by atoms with Gasteiger partial charge in [-0.25, -0.2) is 8.42 Å². The highest BCUT2D eigenvalue weighted by Gasteiger charge is 2.23. The standard InChI is InChI=1S/C20H20N2O4S/c1-25-19-13-15(18-11-12-21-26-18)9-10-20(19)27(23,24)22-17-8-4-6-14-5-2-3-7-16(14)17/h4,6,8-13,22H,2-3,5,7H2,1H3. The smallest absolute Gasteiger partial charge is 0.265 e. The summed E-state index contributed by atoms with van der Waals surface area (Å²) in [5.41, 5.74) is 3.65. The molecule has 2 aromatic carbocycles. The maximum atomic E-state index is 13.0. The zero-order valence-electron chi connectivity index (χ0n) is 14.9. The van der Waals surface area contributed by atoms with Gasteiger partial charge in [0.15, 0.2) is 5.76 Å². The van der Waals surface area contributed by atoms with Gasteiger partial charge in [0.1, 0.15) is 10.6 Å². The van der Waals surface area contributed by atoms with E-state index in [0.717, 1.165) is 31.2 Å². The molecule has 1 aliphatic carbocycles. The van der Waals surface area contributed by atoms with Crippen molar-refractivity contribution in [2.45, 2.75) is 30.6 Å². The Labute approximate surface area is 158 Å².